The molecule has 0 N–H and O–H groups in total. The summed E-state index contributed by atoms with van der Waals surface area (Å²) in [6, 6.07) is 3.88. The summed E-state index contributed by atoms with van der Waals surface area (Å²) in [4.78, 5) is 36.8. The van der Waals surface area contributed by atoms with Crippen LogP contribution < -0.4 is 0 Å². The van der Waals surface area contributed by atoms with Crippen molar-refractivity contribution in [3.8, 4) is 0 Å². The van der Waals surface area contributed by atoms with Gasteiger partial charge >= 0.3 is 5.97 Å². The molecule has 0 spiro atoms. The van der Waals surface area contributed by atoms with E-state index in [4.69, 9.17) is 23.2 Å². The number of hydrogen-bond donors (Lipinski definition) is 0. The summed E-state index contributed by atoms with van der Waals surface area (Å²) in [5.74, 6) is -1.20. The van der Waals surface area contributed by atoms with Crippen LogP contribution in [-0.4, -0.2) is 35.2 Å². The van der Waals surface area contributed by atoms with Crippen molar-refractivity contribution in [1.82, 2.24) is 4.90 Å². The molecule has 0 bridgehead atoms. The van der Waals surface area contributed by atoms with Crippen molar-refractivity contribution in [3.05, 3.63) is 38.7 Å². The molecule has 0 aromatic heterocycles. The molecule has 1 aliphatic rings. The molecule has 1 saturated heterocycles. The molecule has 0 unspecified atom stereocenters. The van der Waals surface area contributed by atoms with Crippen LogP contribution in [0.4, 0.5) is 4.79 Å². The van der Waals surface area contributed by atoms with Crippen molar-refractivity contribution in [3.63, 3.8) is 0 Å². The predicted molar refractivity (Wildman–Crippen MR) is 85.8 cm³/mol. The smallest absolute Gasteiger partial charge is 0.328 e. The Morgan fingerprint density at radius 1 is 1.32 bits per heavy atom. The fourth-order valence-electron chi connectivity index (χ4n) is 1.84. The van der Waals surface area contributed by atoms with Crippen LogP contribution in [0.5, 0.6) is 0 Å². The molecule has 1 aromatic rings. The van der Waals surface area contributed by atoms with Crippen LogP contribution in [-0.2, 0) is 14.3 Å². The first-order chi connectivity index (χ1) is 10.3. The summed E-state index contributed by atoms with van der Waals surface area (Å²) in [7, 11) is 1.20. The van der Waals surface area contributed by atoms with Crippen LogP contribution >= 0.6 is 35.0 Å². The van der Waals surface area contributed by atoms with Crippen LogP contribution in [0, 0.1) is 0 Å². The lowest BCUT2D eigenvalue weighted by Gasteiger charge is -2.18. The average Bonchev–Trinajstić information content (AvgIpc) is 2.75. The normalized spacial score (nSPS) is 18.0. The molecule has 1 aromatic carbocycles. The highest BCUT2D eigenvalue weighted by Gasteiger charge is 2.41. The highest BCUT2D eigenvalue weighted by atomic mass is 35.5. The van der Waals surface area contributed by atoms with E-state index in [1.807, 2.05) is 0 Å². The van der Waals surface area contributed by atoms with E-state index in [0.29, 0.717) is 15.6 Å². The number of benzene rings is 1. The zero-order valence-corrected chi connectivity index (χ0v) is 14.0. The van der Waals surface area contributed by atoms with E-state index in [-0.39, 0.29) is 4.91 Å². The molecule has 2 amide bonds. The molecule has 1 aliphatic heterocycles. The maximum atomic E-state index is 12.3. The second-order valence-electron chi connectivity index (χ2n) is 4.42. The summed E-state index contributed by atoms with van der Waals surface area (Å²) in [6.07, 6.45) is 1.52. The first-order valence-corrected chi connectivity index (χ1v) is 7.72. The van der Waals surface area contributed by atoms with Gasteiger partial charge in [0, 0.05) is 0 Å². The summed E-state index contributed by atoms with van der Waals surface area (Å²) in [5, 5.41) is 0.220. The van der Waals surface area contributed by atoms with Crippen molar-refractivity contribution in [1.29, 1.82) is 0 Å². The molecular formula is C14H11Cl2NO4S. The van der Waals surface area contributed by atoms with E-state index in [2.05, 4.69) is 4.74 Å². The average molecular weight is 360 g/mol. The molecule has 1 fully saturated rings. The zero-order chi connectivity index (χ0) is 16.4. The number of nitrogens with zero attached hydrogens (tertiary/aromatic N) is 1. The Bertz CT molecular complexity index is 689. The number of rotatable bonds is 3. The number of amides is 2. The van der Waals surface area contributed by atoms with Gasteiger partial charge in [0.15, 0.2) is 0 Å². The van der Waals surface area contributed by atoms with E-state index >= 15 is 0 Å². The van der Waals surface area contributed by atoms with Gasteiger partial charge in [-0.15, -0.1) is 0 Å². The Hall–Kier alpha value is -1.50. The maximum absolute atomic E-state index is 12.3. The predicted octanol–water partition coefficient (Wildman–Crippen LogP) is 3.59. The van der Waals surface area contributed by atoms with Gasteiger partial charge in [-0.1, -0.05) is 29.3 Å². The molecular weight excluding hydrogens is 349 g/mol. The minimum atomic E-state index is -0.975. The van der Waals surface area contributed by atoms with Gasteiger partial charge < -0.3 is 4.74 Å². The number of methoxy groups -OCH3 is 1. The molecule has 116 valence electrons. The fraction of sp³-hybridized carbons (Fsp3) is 0.214. The number of halogens is 2. The minimum Gasteiger partial charge on any atom is -0.467 e. The molecule has 5 nitrogen and oxygen atoms in total. The summed E-state index contributed by atoms with van der Waals surface area (Å²) < 4.78 is 4.56. The lowest BCUT2D eigenvalue weighted by molar-refractivity contribution is -0.148. The highest BCUT2D eigenvalue weighted by molar-refractivity contribution is 8.18. The van der Waals surface area contributed by atoms with Gasteiger partial charge in [0.25, 0.3) is 11.1 Å². The van der Waals surface area contributed by atoms with Crippen LogP contribution in [0.2, 0.25) is 10.0 Å². The molecule has 8 heteroatoms. The van der Waals surface area contributed by atoms with Gasteiger partial charge in [-0.25, -0.2) is 4.79 Å². The van der Waals surface area contributed by atoms with Crippen LogP contribution in [0.3, 0.4) is 0 Å². The quantitative estimate of drug-likeness (QED) is 0.609. The number of esters is 1. The standard InChI is InChI=1S/C14H11Cl2NO4S/c1-7(13(19)21-2)17-12(18)11(22-14(17)20)6-8-3-4-9(15)10(16)5-8/h3-7H,1-2H3/b11-6-/t7-/m0/s1. The lowest BCUT2D eigenvalue weighted by atomic mass is 10.2. The Kier molecular flexibility index (Phi) is 5.16. The van der Waals surface area contributed by atoms with Gasteiger partial charge in [-0.05, 0) is 42.5 Å². The number of ether oxygens (including phenoxy) is 1. The summed E-state index contributed by atoms with van der Waals surface area (Å²) in [5.41, 5.74) is 0.630. The Morgan fingerprint density at radius 3 is 2.59 bits per heavy atom. The zero-order valence-electron chi connectivity index (χ0n) is 11.6. The van der Waals surface area contributed by atoms with Crippen molar-refractivity contribution in [2.24, 2.45) is 0 Å². The van der Waals surface area contributed by atoms with E-state index < -0.39 is 23.2 Å². The fourth-order valence-corrected chi connectivity index (χ4v) is 3.06. The first-order valence-electron chi connectivity index (χ1n) is 6.15. The number of carbonyl (C=O) groups is 3. The number of imide groups is 1. The third-order valence-corrected chi connectivity index (χ3v) is 4.62. The van der Waals surface area contributed by atoms with Gasteiger partial charge in [0.05, 0.1) is 22.1 Å². The second kappa shape index (κ2) is 6.73. The molecule has 1 heterocycles. The van der Waals surface area contributed by atoms with Crippen LogP contribution in [0.25, 0.3) is 6.08 Å². The first kappa shape index (κ1) is 16.9. The maximum Gasteiger partial charge on any atom is 0.328 e. The Morgan fingerprint density at radius 2 is 2.00 bits per heavy atom. The molecule has 0 saturated carbocycles. The Balaban J connectivity index is 2.29. The van der Waals surface area contributed by atoms with Gasteiger partial charge in [-0.2, -0.15) is 0 Å². The molecule has 1 atom stereocenters. The topological polar surface area (TPSA) is 63.7 Å². The monoisotopic (exact) mass is 359 g/mol. The van der Waals surface area contributed by atoms with Gasteiger partial charge in [-0.3, -0.25) is 14.5 Å². The van der Waals surface area contributed by atoms with Gasteiger partial charge in [0.2, 0.25) is 0 Å². The highest BCUT2D eigenvalue weighted by Crippen LogP contribution is 2.34. The van der Waals surface area contributed by atoms with E-state index in [9.17, 15) is 14.4 Å². The largest absolute Gasteiger partial charge is 0.467 e. The van der Waals surface area contributed by atoms with Crippen molar-refractivity contribution < 1.29 is 19.1 Å². The van der Waals surface area contributed by atoms with E-state index in [0.717, 1.165) is 16.7 Å². The van der Waals surface area contributed by atoms with E-state index in [1.165, 1.54) is 20.1 Å². The van der Waals surface area contributed by atoms with Crippen LogP contribution in [0.15, 0.2) is 23.1 Å². The van der Waals surface area contributed by atoms with Crippen molar-refractivity contribution in [2.75, 3.05) is 7.11 Å². The SMILES string of the molecule is COC(=O)[C@H](C)N1C(=O)S/C(=C\c2ccc(Cl)c(Cl)c2)C1=O. The minimum absolute atomic E-state index is 0.208. The summed E-state index contributed by atoms with van der Waals surface area (Å²) in [6.45, 7) is 1.43. The molecule has 0 radical (unpaired) electrons. The number of thioether (sulfide) groups is 1. The van der Waals surface area contributed by atoms with Crippen molar-refractivity contribution in [2.45, 2.75) is 13.0 Å². The van der Waals surface area contributed by atoms with Crippen molar-refractivity contribution >= 4 is 58.2 Å². The number of carbonyl (C=O) groups excluding carboxylic acids is 3. The molecule has 22 heavy (non-hydrogen) atoms. The third-order valence-electron chi connectivity index (χ3n) is 2.99. The summed E-state index contributed by atoms with van der Waals surface area (Å²) >= 11 is 12.5. The lowest BCUT2D eigenvalue weighted by Crippen LogP contribution is -2.42. The van der Waals surface area contributed by atoms with E-state index in [1.54, 1.807) is 18.2 Å². The second-order valence-corrected chi connectivity index (χ2v) is 6.23. The van der Waals surface area contributed by atoms with Crippen LogP contribution in [0.1, 0.15) is 12.5 Å². The molecule has 0 aliphatic carbocycles. The van der Waals surface area contributed by atoms with Gasteiger partial charge in [0.1, 0.15) is 6.04 Å². The Labute approximate surface area is 141 Å². The third kappa shape index (κ3) is 3.29. The number of hydrogen-bond acceptors (Lipinski definition) is 5. The molecule has 2 rings (SSSR count).